The Morgan fingerprint density at radius 3 is 2.06 bits per heavy atom. The highest BCUT2D eigenvalue weighted by Crippen LogP contribution is 2.35. The average Bonchev–Trinajstić information content (AvgIpc) is 2.82. The number of rotatable bonds is 2. The monoisotopic (exact) mass is 242 g/mol. The maximum atomic E-state index is 12.9. The predicted molar refractivity (Wildman–Crippen MR) is 68.7 cm³/mol. The lowest BCUT2D eigenvalue weighted by Crippen LogP contribution is -2.12. The molecule has 0 amide bonds. The molecule has 2 aromatic carbocycles. The van der Waals surface area contributed by atoms with Gasteiger partial charge in [-0.2, -0.15) is 0 Å². The summed E-state index contributed by atoms with van der Waals surface area (Å²) in [7, 11) is 0. The SMILES string of the molecule is OC(c1ccc(F)cc1)C1Cc2ccccc2C1. The second kappa shape index (κ2) is 4.54. The Balaban J connectivity index is 1.80. The highest BCUT2D eigenvalue weighted by Gasteiger charge is 2.27. The zero-order valence-corrected chi connectivity index (χ0v) is 10.0. The van der Waals surface area contributed by atoms with E-state index in [2.05, 4.69) is 12.1 Å². The second-order valence-electron chi connectivity index (χ2n) is 4.93. The molecule has 0 spiro atoms. The molecule has 18 heavy (non-hydrogen) atoms. The van der Waals surface area contributed by atoms with Gasteiger partial charge in [-0.15, -0.1) is 0 Å². The highest BCUT2D eigenvalue weighted by atomic mass is 19.1. The quantitative estimate of drug-likeness (QED) is 0.857. The summed E-state index contributed by atoms with van der Waals surface area (Å²) in [6.07, 6.45) is 1.28. The van der Waals surface area contributed by atoms with Crippen LogP contribution in [0, 0.1) is 11.7 Å². The van der Waals surface area contributed by atoms with Gasteiger partial charge in [-0.1, -0.05) is 36.4 Å². The molecule has 0 saturated heterocycles. The number of hydrogen-bond donors (Lipinski definition) is 1. The second-order valence-corrected chi connectivity index (χ2v) is 4.93. The van der Waals surface area contributed by atoms with E-state index < -0.39 is 6.10 Å². The van der Waals surface area contributed by atoms with Gasteiger partial charge in [0.2, 0.25) is 0 Å². The Morgan fingerprint density at radius 1 is 0.944 bits per heavy atom. The van der Waals surface area contributed by atoms with E-state index in [0.717, 1.165) is 18.4 Å². The maximum absolute atomic E-state index is 12.9. The summed E-state index contributed by atoms with van der Waals surface area (Å²) < 4.78 is 12.9. The van der Waals surface area contributed by atoms with Crippen LogP contribution >= 0.6 is 0 Å². The Labute approximate surface area is 106 Å². The molecular formula is C16H15FO. The van der Waals surface area contributed by atoms with Crippen molar-refractivity contribution < 1.29 is 9.50 Å². The normalized spacial score (nSPS) is 16.6. The Morgan fingerprint density at radius 2 is 1.50 bits per heavy atom. The summed E-state index contributed by atoms with van der Waals surface area (Å²) in [6.45, 7) is 0. The van der Waals surface area contributed by atoms with E-state index in [1.807, 2.05) is 12.1 Å². The maximum Gasteiger partial charge on any atom is 0.123 e. The first-order valence-corrected chi connectivity index (χ1v) is 6.24. The summed E-state index contributed by atoms with van der Waals surface area (Å²) >= 11 is 0. The molecule has 0 aliphatic heterocycles. The summed E-state index contributed by atoms with van der Waals surface area (Å²) in [5, 5.41) is 10.4. The number of fused-ring (bicyclic) bond motifs is 1. The summed E-state index contributed by atoms with van der Waals surface area (Å²) in [4.78, 5) is 0. The van der Waals surface area contributed by atoms with Crippen LogP contribution in [-0.4, -0.2) is 5.11 Å². The van der Waals surface area contributed by atoms with Gasteiger partial charge >= 0.3 is 0 Å². The van der Waals surface area contributed by atoms with Crippen molar-refractivity contribution in [2.75, 3.05) is 0 Å². The van der Waals surface area contributed by atoms with Crippen LogP contribution in [0.2, 0.25) is 0 Å². The van der Waals surface area contributed by atoms with Crippen molar-refractivity contribution in [2.45, 2.75) is 18.9 Å². The third kappa shape index (κ3) is 2.04. The number of aliphatic hydroxyl groups is 1. The third-order valence-corrected chi connectivity index (χ3v) is 3.74. The van der Waals surface area contributed by atoms with E-state index in [9.17, 15) is 9.50 Å². The molecule has 0 aromatic heterocycles. The van der Waals surface area contributed by atoms with Crippen LogP contribution in [-0.2, 0) is 12.8 Å². The van der Waals surface area contributed by atoms with E-state index in [4.69, 9.17) is 0 Å². The Bertz CT molecular complexity index is 522. The van der Waals surface area contributed by atoms with Gasteiger partial charge in [-0.25, -0.2) is 4.39 Å². The van der Waals surface area contributed by atoms with E-state index >= 15 is 0 Å². The van der Waals surface area contributed by atoms with Crippen molar-refractivity contribution in [3.8, 4) is 0 Å². The molecule has 0 heterocycles. The highest BCUT2D eigenvalue weighted by molar-refractivity contribution is 5.33. The molecule has 2 aromatic rings. The molecule has 1 aliphatic carbocycles. The molecule has 0 fully saturated rings. The number of aliphatic hydroxyl groups excluding tert-OH is 1. The molecular weight excluding hydrogens is 227 g/mol. The van der Waals surface area contributed by atoms with Gasteiger partial charge in [-0.05, 0) is 47.6 Å². The van der Waals surface area contributed by atoms with Crippen LogP contribution in [0.5, 0.6) is 0 Å². The largest absolute Gasteiger partial charge is 0.388 e. The molecule has 3 rings (SSSR count). The molecule has 0 saturated carbocycles. The smallest absolute Gasteiger partial charge is 0.123 e. The molecule has 92 valence electrons. The first-order valence-electron chi connectivity index (χ1n) is 6.24. The lowest BCUT2D eigenvalue weighted by Gasteiger charge is -2.18. The summed E-state index contributed by atoms with van der Waals surface area (Å²) in [5.74, 6) is -0.0616. The van der Waals surface area contributed by atoms with Crippen LogP contribution in [0.4, 0.5) is 4.39 Å². The Hall–Kier alpha value is -1.67. The minimum atomic E-state index is -0.516. The van der Waals surface area contributed by atoms with Gasteiger partial charge < -0.3 is 5.11 Å². The van der Waals surface area contributed by atoms with Crippen molar-refractivity contribution >= 4 is 0 Å². The van der Waals surface area contributed by atoms with Crippen LogP contribution in [0.25, 0.3) is 0 Å². The molecule has 1 aliphatic rings. The van der Waals surface area contributed by atoms with Crippen molar-refractivity contribution in [3.05, 3.63) is 71.0 Å². The third-order valence-electron chi connectivity index (χ3n) is 3.74. The van der Waals surface area contributed by atoms with E-state index in [0.29, 0.717) is 0 Å². The minimum Gasteiger partial charge on any atom is -0.388 e. The predicted octanol–water partition coefficient (Wildman–Crippen LogP) is 3.27. The lowest BCUT2D eigenvalue weighted by atomic mass is 9.93. The van der Waals surface area contributed by atoms with Crippen molar-refractivity contribution in [1.29, 1.82) is 0 Å². The molecule has 1 N–H and O–H groups in total. The zero-order valence-electron chi connectivity index (χ0n) is 10.0. The number of halogens is 1. The fourth-order valence-corrected chi connectivity index (χ4v) is 2.75. The molecule has 1 unspecified atom stereocenters. The Kier molecular flexibility index (Phi) is 2.88. The summed E-state index contributed by atoms with van der Waals surface area (Å²) in [5.41, 5.74) is 3.45. The summed E-state index contributed by atoms with van der Waals surface area (Å²) in [6, 6.07) is 14.4. The van der Waals surface area contributed by atoms with Gasteiger partial charge in [0.15, 0.2) is 0 Å². The van der Waals surface area contributed by atoms with Crippen molar-refractivity contribution in [3.63, 3.8) is 0 Å². The number of hydrogen-bond acceptors (Lipinski definition) is 1. The van der Waals surface area contributed by atoms with Crippen molar-refractivity contribution in [2.24, 2.45) is 5.92 Å². The molecule has 0 radical (unpaired) electrons. The topological polar surface area (TPSA) is 20.2 Å². The van der Waals surface area contributed by atoms with Crippen LogP contribution in [0.3, 0.4) is 0 Å². The number of benzene rings is 2. The molecule has 1 atom stereocenters. The molecule has 1 nitrogen and oxygen atoms in total. The lowest BCUT2D eigenvalue weighted by molar-refractivity contribution is 0.113. The zero-order chi connectivity index (χ0) is 12.5. The first kappa shape index (κ1) is 11.4. The van der Waals surface area contributed by atoms with Crippen LogP contribution in [0.15, 0.2) is 48.5 Å². The van der Waals surface area contributed by atoms with Gasteiger partial charge in [0.1, 0.15) is 5.82 Å². The van der Waals surface area contributed by atoms with E-state index in [-0.39, 0.29) is 11.7 Å². The van der Waals surface area contributed by atoms with Gasteiger partial charge in [-0.3, -0.25) is 0 Å². The van der Waals surface area contributed by atoms with Crippen LogP contribution < -0.4 is 0 Å². The van der Waals surface area contributed by atoms with Gasteiger partial charge in [0, 0.05) is 0 Å². The minimum absolute atomic E-state index is 0.202. The fraction of sp³-hybridized carbons (Fsp3) is 0.250. The fourth-order valence-electron chi connectivity index (χ4n) is 2.75. The van der Waals surface area contributed by atoms with E-state index in [1.165, 1.54) is 23.3 Å². The van der Waals surface area contributed by atoms with Crippen LogP contribution in [0.1, 0.15) is 22.8 Å². The molecule has 2 heteroatoms. The van der Waals surface area contributed by atoms with Gasteiger partial charge in [0.05, 0.1) is 6.10 Å². The van der Waals surface area contributed by atoms with E-state index in [1.54, 1.807) is 12.1 Å². The van der Waals surface area contributed by atoms with Gasteiger partial charge in [0.25, 0.3) is 0 Å². The molecule has 0 bridgehead atoms. The average molecular weight is 242 g/mol. The first-order chi connectivity index (χ1) is 8.74. The standard InChI is InChI=1S/C16H15FO/c17-15-7-5-11(6-8-15)16(18)14-9-12-3-1-2-4-13(12)10-14/h1-8,14,16,18H,9-10H2. The van der Waals surface area contributed by atoms with Crippen molar-refractivity contribution in [1.82, 2.24) is 0 Å².